The maximum absolute atomic E-state index is 11.8. The van der Waals surface area contributed by atoms with Gasteiger partial charge in [-0.15, -0.1) is 0 Å². The molecule has 1 heterocycles. The molecule has 8 heteroatoms. The standard InChI is InChI=1S/C28H43NO7/c1-5-6-9-12-23(34-20(2)30)15-16-25-24(13-10-7-8-11-14-28-29-17-18-33-28)26(35-21(3)31)19-27(25)36-22(4)32/h7,10,15-16,23-27H,5-6,8-9,11-14,17-19H2,1-4H3/b10-7-,16-15+/t23-,24+,25+,26-,27+/m0/s1. The SMILES string of the molecule is CCCCC[C@@H](/C=C/[C@@H]1[C@@H](C/C=C\CCCC2=NCCO2)[C@@H](OC(C)=O)C[C@H]1OC(C)=O)OC(C)=O. The van der Waals surface area contributed by atoms with Gasteiger partial charge in [-0.25, -0.2) is 0 Å². The number of ether oxygens (including phenoxy) is 4. The van der Waals surface area contributed by atoms with Gasteiger partial charge in [0.1, 0.15) is 24.9 Å². The van der Waals surface area contributed by atoms with E-state index in [9.17, 15) is 14.4 Å². The summed E-state index contributed by atoms with van der Waals surface area (Å²) in [5.74, 6) is -0.419. The summed E-state index contributed by atoms with van der Waals surface area (Å²) in [6.45, 7) is 7.75. The van der Waals surface area contributed by atoms with Crippen molar-refractivity contribution in [1.82, 2.24) is 0 Å². The van der Waals surface area contributed by atoms with E-state index in [2.05, 4.69) is 24.1 Å². The van der Waals surface area contributed by atoms with Gasteiger partial charge >= 0.3 is 17.9 Å². The smallest absolute Gasteiger partial charge is 0.303 e. The Morgan fingerprint density at radius 2 is 1.78 bits per heavy atom. The van der Waals surface area contributed by atoms with Crippen LogP contribution in [-0.4, -0.2) is 55.3 Å². The van der Waals surface area contributed by atoms with Crippen LogP contribution in [0.5, 0.6) is 0 Å². The van der Waals surface area contributed by atoms with Crippen LogP contribution in [0.25, 0.3) is 0 Å². The molecule has 0 unspecified atom stereocenters. The lowest BCUT2D eigenvalue weighted by atomic mass is 9.89. The summed E-state index contributed by atoms with van der Waals surface area (Å²) in [5.41, 5.74) is 0. The second-order valence-electron chi connectivity index (χ2n) is 9.52. The number of aliphatic imine (C=N–C) groups is 1. The van der Waals surface area contributed by atoms with Gasteiger partial charge < -0.3 is 18.9 Å². The van der Waals surface area contributed by atoms with Gasteiger partial charge in [-0.3, -0.25) is 19.4 Å². The van der Waals surface area contributed by atoms with E-state index in [1.807, 2.05) is 12.2 Å². The summed E-state index contributed by atoms with van der Waals surface area (Å²) < 4.78 is 22.2. The van der Waals surface area contributed by atoms with Crippen molar-refractivity contribution in [3.8, 4) is 0 Å². The Hall–Kier alpha value is -2.64. The predicted molar refractivity (Wildman–Crippen MR) is 137 cm³/mol. The van der Waals surface area contributed by atoms with Gasteiger partial charge in [0.15, 0.2) is 5.90 Å². The highest BCUT2D eigenvalue weighted by molar-refractivity contribution is 5.77. The van der Waals surface area contributed by atoms with Gasteiger partial charge in [-0.1, -0.05) is 38.0 Å². The minimum absolute atomic E-state index is 0.0538. The van der Waals surface area contributed by atoms with Gasteiger partial charge in [0, 0.05) is 45.4 Å². The fourth-order valence-electron chi connectivity index (χ4n) is 4.88. The zero-order chi connectivity index (χ0) is 26.3. The zero-order valence-electron chi connectivity index (χ0n) is 22.3. The van der Waals surface area contributed by atoms with Gasteiger partial charge in [0.05, 0.1) is 6.54 Å². The van der Waals surface area contributed by atoms with Crippen LogP contribution in [0.2, 0.25) is 0 Å². The van der Waals surface area contributed by atoms with E-state index in [1.54, 1.807) is 0 Å². The summed E-state index contributed by atoms with van der Waals surface area (Å²) in [5, 5.41) is 0. The van der Waals surface area contributed by atoms with Crippen LogP contribution in [0.1, 0.15) is 85.5 Å². The van der Waals surface area contributed by atoms with Crippen LogP contribution < -0.4 is 0 Å². The Balaban J connectivity index is 2.11. The second-order valence-corrected chi connectivity index (χ2v) is 9.52. The highest BCUT2D eigenvalue weighted by Crippen LogP contribution is 2.40. The molecule has 0 bridgehead atoms. The normalized spacial score (nSPS) is 24.5. The molecule has 0 aromatic carbocycles. The van der Waals surface area contributed by atoms with Crippen molar-refractivity contribution in [2.75, 3.05) is 13.2 Å². The summed E-state index contributed by atoms with van der Waals surface area (Å²) >= 11 is 0. The fourth-order valence-corrected chi connectivity index (χ4v) is 4.88. The van der Waals surface area contributed by atoms with Crippen LogP contribution in [-0.2, 0) is 33.3 Å². The topological polar surface area (TPSA) is 100 Å². The lowest BCUT2D eigenvalue weighted by molar-refractivity contribution is -0.149. The monoisotopic (exact) mass is 505 g/mol. The number of nitrogens with zero attached hydrogens (tertiary/aromatic N) is 1. The molecular formula is C28H43NO7. The molecule has 36 heavy (non-hydrogen) atoms. The first kappa shape index (κ1) is 29.6. The van der Waals surface area contributed by atoms with Crippen molar-refractivity contribution in [2.24, 2.45) is 16.8 Å². The highest BCUT2D eigenvalue weighted by atomic mass is 16.6. The maximum atomic E-state index is 11.8. The molecule has 0 aromatic rings. The molecule has 8 nitrogen and oxygen atoms in total. The van der Waals surface area contributed by atoms with E-state index in [1.165, 1.54) is 20.8 Å². The molecule has 1 aliphatic carbocycles. The number of hydrogen-bond donors (Lipinski definition) is 0. The Labute approximate surface area is 215 Å². The van der Waals surface area contributed by atoms with E-state index < -0.39 is 6.10 Å². The molecule has 0 radical (unpaired) electrons. The first-order chi connectivity index (χ1) is 17.3. The Morgan fingerprint density at radius 1 is 1.03 bits per heavy atom. The van der Waals surface area contributed by atoms with Gasteiger partial charge in [0.25, 0.3) is 0 Å². The summed E-state index contributed by atoms with van der Waals surface area (Å²) in [7, 11) is 0. The fraction of sp³-hybridized carbons (Fsp3) is 0.714. The maximum Gasteiger partial charge on any atom is 0.303 e. The number of esters is 3. The highest BCUT2D eigenvalue weighted by Gasteiger charge is 2.45. The van der Waals surface area contributed by atoms with E-state index in [-0.39, 0.29) is 42.0 Å². The number of hydrogen-bond acceptors (Lipinski definition) is 8. The number of unbranched alkanes of at least 4 members (excludes halogenated alkanes) is 3. The molecule has 0 spiro atoms. The largest absolute Gasteiger partial charge is 0.479 e. The van der Waals surface area contributed by atoms with Crippen molar-refractivity contribution in [3.63, 3.8) is 0 Å². The van der Waals surface area contributed by atoms with Crippen molar-refractivity contribution in [1.29, 1.82) is 0 Å². The van der Waals surface area contributed by atoms with Crippen LogP contribution in [0.15, 0.2) is 29.3 Å². The van der Waals surface area contributed by atoms with Crippen LogP contribution in [0.3, 0.4) is 0 Å². The Bertz CT molecular complexity index is 804. The van der Waals surface area contributed by atoms with E-state index in [0.717, 1.165) is 57.4 Å². The second kappa shape index (κ2) is 16.2. The van der Waals surface area contributed by atoms with Crippen molar-refractivity contribution >= 4 is 23.8 Å². The Morgan fingerprint density at radius 3 is 2.42 bits per heavy atom. The Kier molecular flexibility index (Phi) is 13.3. The molecule has 1 fully saturated rings. The summed E-state index contributed by atoms with van der Waals surface area (Å²) in [6, 6.07) is 0. The lowest BCUT2D eigenvalue weighted by Gasteiger charge is -2.23. The zero-order valence-corrected chi connectivity index (χ0v) is 22.3. The molecule has 202 valence electrons. The average Bonchev–Trinajstić information content (AvgIpc) is 3.41. The molecule has 0 aromatic heterocycles. The summed E-state index contributed by atoms with van der Waals surface area (Å²) in [6.07, 6.45) is 14.7. The molecule has 1 aliphatic heterocycles. The van der Waals surface area contributed by atoms with Crippen molar-refractivity contribution in [2.45, 2.75) is 104 Å². The molecule has 2 aliphatic rings. The molecule has 0 amide bonds. The number of allylic oxidation sites excluding steroid dienone is 2. The average molecular weight is 506 g/mol. The van der Waals surface area contributed by atoms with E-state index in [0.29, 0.717) is 19.4 Å². The number of carbonyl (C=O) groups is 3. The molecular weight excluding hydrogens is 462 g/mol. The van der Waals surface area contributed by atoms with E-state index >= 15 is 0 Å². The molecule has 1 saturated carbocycles. The predicted octanol–water partition coefficient (Wildman–Crippen LogP) is 5.10. The van der Waals surface area contributed by atoms with E-state index in [4.69, 9.17) is 18.9 Å². The van der Waals surface area contributed by atoms with Crippen molar-refractivity contribution < 1.29 is 33.3 Å². The number of carbonyl (C=O) groups excluding carboxylic acids is 3. The molecule has 0 N–H and O–H groups in total. The molecule has 2 rings (SSSR count). The van der Waals surface area contributed by atoms with Crippen molar-refractivity contribution in [3.05, 3.63) is 24.3 Å². The van der Waals surface area contributed by atoms with Crippen LogP contribution in [0, 0.1) is 11.8 Å². The number of rotatable bonds is 15. The first-order valence-corrected chi connectivity index (χ1v) is 13.3. The first-order valence-electron chi connectivity index (χ1n) is 13.3. The lowest BCUT2D eigenvalue weighted by Crippen LogP contribution is -2.25. The molecule has 0 saturated heterocycles. The third kappa shape index (κ3) is 11.0. The third-order valence-electron chi connectivity index (χ3n) is 6.44. The minimum atomic E-state index is -0.410. The third-order valence-corrected chi connectivity index (χ3v) is 6.44. The molecule has 5 atom stereocenters. The minimum Gasteiger partial charge on any atom is -0.479 e. The van der Waals surface area contributed by atoms with Crippen LogP contribution in [0.4, 0.5) is 0 Å². The van der Waals surface area contributed by atoms with Gasteiger partial charge in [-0.2, -0.15) is 0 Å². The quantitative estimate of drug-likeness (QED) is 0.132. The van der Waals surface area contributed by atoms with Gasteiger partial charge in [-0.05, 0) is 38.2 Å². The van der Waals surface area contributed by atoms with Gasteiger partial charge in [0.2, 0.25) is 0 Å². The van der Waals surface area contributed by atoms with Crippen LogP contribution >= 0.6 is 0 Å². The summed E-state index contributed by atoms with van der Waals surface area (Å²) in [4.78, 5) is 39.6.